The number of nitrogens with zero attached hydrogens (tertiary/aromatic N) is 1. The second-order valence-corrected chi connectivity index (χ2v) is 7.17. The fourth-order valence-corrected chi connectivity index (χ4v) is 2.40. The molecular weight excluding hydrogens is 336 g/mol. The van der Waals surface area contributed by atoms with Crippen molar-refractivity contribution in [3.63, 3.8) is 0 Å². The molecule has 2 rings (SSSR count). The Labute approximate surface area is 138 Å². The molecule has 0 aliphatic rings. The maximum absolute atomic E-state index is 12.0. The number of carbonyl (C=O) groups excluding carboxylic acids is 2. The van der Waals surface area contributed by atoms with Gasteiger partial charge in [0.1, 0.15) is 5.76 Å². The lowest BCUT2D eigenvalue weighted by Crippen LogP contribution is -2.30. The standard InChI is InChI=1S/C15H16N2O6S/c1-9-8-13(17-23-9)16-14(18)10(2)22-15(19)11-4-6-12(7-5-11)24(3,20)21/h4-8,10H,1-3H3,(H,16,17,18)/t10-/m1/s1. The van der Waals surface area contributed by atoms with Crippen LogP contribution in [0.1, 0.15) is 23.0 Å². The number of ether oxygens (including phenoxy) is 1. The number of sulfone groups is 1. The van der Waals surface area contributed by atoms with Gasteiger partial charge in [-0.05, 0) is 38.1 Å². The van der Waals surface area contributed by atoms with E-state index in [9.17, 15) is 18.0 Å². The Morgan fingerprint density at radius 3 is 2.38 bits per heavy atom. The minimum absolute atomic E-state index is 0.0891. The van der Waals surface area contributed by atoms with Crippen LogP contribution in [0.3, 0.4) is 0 Å². The first-order valence-electron chi connectivity index (χ1n) is 6.92. The SMILES string of the molecule is Cc1cc(NC(=O)[C@@H](C)OC(=O)c2ccc(S(C)(=O)=O)cc2)no1. The number of hydrogen-bond donors (Lipinski definition) is 1. The van der Waals surface area contributed by atoms with Gasteiger partial charge in [-0.1, -0.05) is 5.16 Å². The molecule has 8 nitrogen and oxygen atoms in total. The van der Waals surface area contributed by atoms with E-state index >= 15 is 0 Å². The van der Waals surface area contributed by atoms with Crippen molar-refractivity contribution in [2.45, 2.75) is 24.8 Å². The van der Waals surface area contributed by atoms with Crippen LogP contribution < -0.4 is 5.32 Å². The topological polar surface area (TPSA) is 116 Å². The van der Waals surface area contributed by atoms with Gasteiger partial charge in [-0.25, -0.2) is 13.2 Å². The van der Waals surface area contributed by atoms with Gasteiger partial charge in [0.2, 0.25) is 0 Å². The number of anilines is 1. The van der Waals surface area contributed by atoms with E-state index in [0.717, 1.165) is 6.26 Å². The Bertz CT molecular complexity index is 854. The van der Waals surface area contributed by atoms with Gasteiger partial charge >= 0.3 is 5.97 Å². The lowest BCUT2D eigenvalue weighted by molar-refractivity contribution is -0.123. The van der Waals surface area contributed by atoms with Gasteiger partial charge in [-0.15, -0.1) is 0 Å². The fourth-order valence-electron chi connectivity index (χ4n) is 1.77. The molecule has 9 heteroatoms. The first-order chi connectivity index (χ1) is 11.2. The third-order valence-corrected chi connectivity index (χ3v) is 4.18. The van der Waals surface area contributed by atoms with Gasteiger partial charge in [0, 0.05) is 12.3 Å². The number of esters is 1. The Morgan fingerprint density at radius 1 is 1.25 bits per heavy atom. The molecule has 1 heterocycles. The summed E-state index contributed by atoms with van der Waals surface area (Å²) in [6, 6.07) is 6.77. The molecule has 0 bridgehead atoms. The number of hydrogen-bond acceptors (Lipinski definition) is 7. The molecule has 1 aromatic carbocycles. The van der Waals surface area contributed by atoms with Crippen LogP contribution in [0.2, 0.25) is 0 Å². The second-order valence-electron chi connectivity index (χ2n) is 5.16. The Morgan fingerprint density at radius 2 is 1.88 bits per heavy atom. The highest BCUT2D eigenvalue weighted by Crippen LogP contribution is 2.13. The average molecular weight is 352 g/mol. The van der Waals surface area contributed by atoms with Gasteiger partial charge < -0.3 is 14.6 Å². The van der Waals surface area contributed by atoms with Gasteiger partial charge in [0.05, 0.1) is 10.5 Å². The highest BCUT2D eigenvalue weighted by atomic mass is 32.2. The molecule has 0 fully saturated rings. The van der Waals surface area contributed by atoms with E-state index in [1.165, 1.54) is 37.3 Å². The summed E-state index contributed by atoms with van der Waals surface area (Å²) < 4.78 is 32.6. The summed E-state index contributed by atoms with van der Waals surface area (Å²) in [6.45, 7) is 3.08. The van der Waals surface area contributed by atoms with E-state index in [-0.39, 0.29) is 16.3 Å². The molecule has 0 saturated carbocycles. The first-order valence-corrected chi connectivity index (χ1v) is 8.81. The van der Waals surface area contributed by atoms with Crippen LogP contribution in [-0.4, -0.2) is 37.8 Å². The van der Waals surface area contributed by atoms with Crippen LogP contribution in [0.4, 0.5) is 5.82 Å². The molecule has 1 N–H and O–H groups in total. The molecule has 128 valence electrons. The van der Waals surface area contributed by atoms with Crippen LogP contribution in [0, 0.1) is 6.92 Å². The third kappa shape index (κ3) is 4.42. The van der Waals surface area contributed by atoms with Crippen molar-refractivity contribution >= 4 is 27.5 Å². The zero-order chi connectivity index (χ0) is 17.9. The second kappa shape index (κ2) is 6.83. The molecule has 1 atom stereocenters. The highest BCUT2D eigenvalue weighted by Gasteiger charge is 2.20. The van der Waals surface area contributed by atoms with Crippen molar-refractivity contribution in [2.75, 3.05) is 11.6 Å². The zero-order valence-corrected chi connectivity index (χ0v) is 14.1. The van der Waals surface area contributed by atoms with Crippen LogP contribution >= 0.6 is 0 Å². The van der Waals surface area contributed by atoms with E-state index in [4.69, 9.17) is 9.26 Å². The number of benzene rings is 1. The van der Waals surface area contributed by atoms with E-state index in [1.807, 2.05) is 0 Å². The normalized spacial score (nSPS) is 12.5. The molecular formula is C15H16N2O6S. The Hall–Kier alpha value is -2.68. The summed E-state index contributed by atoms with van der Waals surface area (Å²) in [4.78, 5) is 24.0. The van der Waals surface area contributed by atoms with Crippen LogP contribution in [0.5, 0.6) is 0 Å². The smallest absolute Gasteiger partial charge is 0.338 e. The molecule has 24 heavy (non-hydrogen) atoms. The van der Waals surface area contributed by atoms with E-state index in [2.05, 4.69) is 10.5 Å². The summed E-state index contributed by atoms with van der Waals surface area (Å²) in [5, 5.41) is 6.05. The number of rotatable bonds is 5. The van der Waals surface area contributed by atoms with Crippen molar-refractivity contribution in [2.24, 2.45) is 0 Å². The molecule has 1 amide bonds. The van der Waals surface area contributed by atoms with Gasteiger partial charge in [0.25, 0.3) is 5.91 Å². The first kappa shape index (κ1) is 17.7. The van der Waals surface area contributed by atoms with E-state index < -0.39 is 27.8 Å². The minimum atomic E-state index is -3.35. The predicted octanol–water partition coefficient (Wildman–Crippen LogP) is 1.57. The minimum Gasteiger partial charge on any atom is -0.449 e. The summed E-state index contributed by atoms with van der Waals surface area (Å²) >= 11 is 0. The molecule has 0 aliphatic carbocycles. The zero-order valence-electron chi connectivity index (χ0n) is 13.3. The number of nitrogens with one attached hydrogen (secondary N) is 1. The molecule has 0 aliphatic heterocycles. The summed E-state index contributed by atoms with van der Waals surface area (Å²) in [7, 11) is -3.35. The summed E-state index contributed by atoms with van der Waals surface area (Å²) in [5.41, 5.74) is 0.138. The molecule has 0 spiro atoms. The van der Waals surface area contributed by atoms with Crippen molar-refractivity contribution < 1.29 is 27.3 Å². The quantitative estimate of drug-likeness (QED) is 0.812. The highest BCUT2D eigenvalue weighted by molar-refractivity contribution is 7.90. The van der Waals surface area contributed by atoms with Crippen molar-refractivity contribution in [3.05, 3.63) is 41.7 Å². The van der Waals surface area contributed by atoms with Gasteiger partial charge in [0.15, 0.2) is 21.8 Å². The van der Waals surface area contributed by atoms with Crippen molar-refractivity contribution in [3.8, 4) is 0 Å². The van der Waals surface area contributed by atoms with Crippen LogP contribution in [0.15, 0.2) is 39.8 Å². The third-order valence-electron chi connectivity index (χ3n) is 3.05. The van der Waals surface area contributed by atoms with Gasteiger partial charge in [-0.3, -0.25) is 4.79 Å². The Balaban J connectivity index is 1.99. The lowest BCUT2D eigenvalue weighted by Gasteiger charge is -2.12. The number of carbonyl (C=O) groups is 2. The Kier molecular flexibility index (Phi) is 5.03. The van der Waals surface area contributed by atoms with Crippen LogP contribution in [-0.2, 0) is 19.4 Å². The maximum atomic E-state index is 12.0. The summed E-state index contributed by atoms with van der Waals surface area (Å²) in [5.74, 6) is -0.558. The summed E-state index contributed by atoms with van der Waals surface area (Å²) in [6.07, 6.45) is 0.00216. The fraction of sp³-hybridized carbons (Fsp3) is 0.267. The number of amides is 1. The largest absolute Gasteiger partial charge is 0.449 e. The molecule has 0 saturated heterocycles. The van der Waals surface area contributed by atoms with E-state index in [1.54, 1.807) is 6.92 Å². The maximum Gasteiger partial charge on any atom is 0.338 e. The average Bonchev–Trinajstić information content (AvgIpc) is 2.91. The number of aromatic nitrogens is 1. The molecule has 0 unspecified atom stereocenters. The van der Waals surface area contributed by atoms with Crippen LogP contribution in [0.25, 0.3) is 0 Å². The van der Waals surface area contributed by atoms with E-state index in [0.29, 0.717) is 5.76 Å². The monoisotopic (exact) mass is 352 g/mol. The molecule has 1 aromatic heterocycles. The molecule has 0 radical (unpaired) electrons. The molecule has 2 aromatic rings. The van der Waals surface area contributed by atoms with Crippen molar-refractivity contribution in [1.82, 2.24) is 5.16 Å². The predicted molar refractivity (Wildman–Crippen MR) is 84.3 cm³/mol. The van der Waals surface area contributed by atoms with Crippen molar-refractivity contribution in [1.29, 1.82) is 0 Å². The lowest BCUT2D eigenvalue weighted by atomic mass is 10.2. The van der Waals surface area contributed by atoms with Gasteiger partial charge in [-0.2, -0.15) is 0 Å². The number of aryl methyl sites for hydroxylation is 1.